The molecule has 5 nitrogen and oxygen atoms in total. The van der Waals surface area contributed by atoms with E-state index < -0.39 is 6.10 Å². The lowest BCUT2D eigenvalue weighted by Crippen LogP contribution is -3.16. The highest BCUT2D eigenvalue weighted by Gasteiger charge is 2.22. The van der Waals surface area contributed by atoms with Crippen LogP contribution >= 0.6 is 0 Å². The molecule has 1 aliphatic heterocycles. The summed E-state index contributed by atoms with van der Waals surface area (Å²) in [5, 5.41) is 10.0. The first-order chi connectivity index (χ1) is 10.7. The van der Waals surface area contributed by atoms with Crippen molar-refractivity contribution in [2.75, 3.05) is 64.6 Å². The summed E-state index contributed by atoms with van der Waals surface area (Å²) in [6.45, 7) is 8.58. The summed E-state index contributed by atoms with van der Waals surface area (Å²) in [4.78, 5) is 3.87. The monoisotopic (exact) mass is 309 g/mol. The molecule has 5 heteroatoms. The number of aryl methyl sites for hydroxylation is 1. The van der Waals surface area contributed by atoms with Crippen molar-refractivity contribution in [1.29, 1.82) is 0 Å². The molecule has 2 N–H and O–H groups in total. The lowest BCUT2D eigenvalue weighted by atomic mass is 10.2. The van der Waals surface area contributed by atoms with Crippen LogP contribution in [0.15, 0.2) is 24.3 Å². The second-order valence-corrected chi connectivity index (χ2v) is 6.00. The zero-order chi connectivity index (χ0) is 15.8. The standard InChI is InChI=1S/C17H28N2O3/c1-15-3-5-16(6-4-15)19-9-7-18(8-10-19)13-17(20)14-22-12-11-21-2/h3-6,17,20H,7-14H2,1-2H3/p+1/t17-/m1/s1. The summed E-state index contributed by atoms with van der Waals surface area (Å²) < 4.78 is 10.3. The molecule has 124 valence electrons. The van der Waals surface area contributed by atoms with Crippen LogP contribution in [0.2, 0.25) is 0 Å². The number of piperazine rings is 1. The summed E-state index contributed by atoms with van der Waals surface area (Å²) >= 11 is 0. The zero-order valence-electron chi connectivity index (χ0n) is 13.8. The average molecular weight is 309 g/mol. The van der Waals surface area contributed by atoms with Gasteiger partial charge >= 0.3 is 0 Å². The smallest absolute Gasteiger partial charge is 0.126 e. The van der Waals surface area contributed by atoms with E-state index in [0.717, 1.165) is 32.7 Å². The molecule has 1 fully saturated rings. The number of rotatable bonds is 8. The molecule has 1 saturated heterocycles. The van der Waals surface area contributed by atoms with Crippen molar-refractivity contribution < 1.29 is 19.5 Å². The molecule has 0 bridgehead atoms. The van der Waals surface area contributed by atoms with Gasteiger partial charge < -0.3 is 24.4 Å². The minimum atomic E-state index is -0.391. The highest BCUT2D eigenvalue weighted by Crippen LogP contribution is 2.14. The number of benzene rings is 1. The Morgan fingerprint density at radius 3 is 2.50 bits per heavy atom. The van der Waals surface area contributed by atoms with Gasteiger partial charge in [0.15, 0.2) is 0 Å². The number of hydrogen-bond acceptors (Lipinski definition) is 4. The molecule has 0 aliphatic carbocycles. The van der Waals surface area contributed by atoms with Crippen LogP contribution in [-0.4, -0.2) is 70.9 Å². The Balaban J connectivity index is 1.67. The molecule has 0 spiro atoms. The predicted molar refractivity (Wildman–Crippen MR) is 87.7 cm³/mol. The fourth-order valence-corrected chi connectivity index (χ4v) is 2.79. The van der Waals surface area contributed by atoms with Crippen molar-refractivity contribution in [3.05, 3.63) is 29.8 Å². The van der Waals surface area contributed by atoms with Crippen molar-refractivity contribution in [3.63, 3.8) is 0 Å². The zero-order valence-corrected chi connectivity index (χ0v) is 13.8. The van der Waals surface area contributed by atoms with Gasteiger partial charge in [-0.2, -0.15) is 0 Å². The maximum absolute atomic E-state index is 10.0. The molecule has 1 aromatic carbocycles. The number of aliphatic hydroxyl groups excluding tert-OH is 1. The molecular formula is C17H29N2O3+. The second kappa shape index (κ2) is 9.10. The fourth-order valence-electron chi connectivity index (χ4n) is 2.79. The Kier molecular flexibility index (Phi) is 7.12. The predicted octanol–water partition coefficient (Wildman–Crippen LogP) is -0.276. The maximum Gasteiger partial charge on any atom is 0.126 e. The first-order valence-electron chi connectivity index (χ1n) is 8.09. The van der Waals surface area contributed by atoms with Crippen molar-refractivity contribution in [2.24, 2.45) is 0 Å². The highest BCUT2D eigenvalue weighted by atomic mass is 16.5. The van der Waals surface area contributed by atoms with E-state index in [9.17, 15) is 5.11 Å². The quantitative estimate of drug-likeness (QED) is 0.649. The number of anilines is 1. The third kappa shape index (κ3) is 5.57. The van der Waals surface area contributed by atoms with Gasteiger partial charge in [-0.15, -0.1) is 0 Å². The third-order valence-electron chi connectivity index (χ3n) is 4.14. The van der Waals surface area contributed by atoms with Crippen molar-refractivity contribution >= 4 is 5.69 Å². The van der Waals surface area contributed by atoms with Gasteiger partial charge in [0.2, 0.25) is 0 Å². The van der Waals surface area contributed by atoms with E-state index >= 15 is 0 Å². The SMILES string of the molecule is COCCOC[C@H](O)C[NH+]1CCN(c2ccc(C)cc2)CC1. The highest BCUT2D eigenvalue weighted by molar-refractivity contribution is 5.47. The number of nitrogens with zero attached hydrogens (tertiary/aromatic N) is 1. The van der Waals surface area contributed by atoms with Crippen LogP contribution in [0.3, 0.4) is 0 Å². The van der Waals surface area contributed by atoms with Crippen molar-refractivity contribution in [1.82, 2.24) is 0 Å². The van der Waals surface area contributed by atoms with Crippen LogP contribution in [0.1, 0.15) is 5.56 Å². The molecule has 1 atom stereocenters. The molecule has 1 heterocycles. The largest absolute Gasteiger partial charge is 0.385 e. The van der Waals surface area contributed by atoms with Crippen LogP contribution in [0, 0.1) is 6.92 Å². The lowest BCUT2D eigenvalue weighted by molar-refractivity contribution is -0.903. The van der Waals surface area contributed by atoms with Crippen LogP contribution in [0.5, 0.6) is 0 Å². The van der Waals surface area contributed by atoms with E-state index in [4.69, 9.17) is 9.47 Å². The Morgan fingerprint density at radius 1 is 1.18 bits per heavy atom. The van der Waals surface area contributed by atoms with Gasteiger partial charge in [0.1, 0.15) is 12.6 Å². The molecule has 0 aromatic heterocycles. The normalized spacial score (nSPS) is 17.7. The van der Waals surface area contributed by atoms with E-state index in [1.165, 1.54) is 16.2 Å². The number of aliphatic hydroxyl groups is 1. The summed E-state index contributed by atoms with van der Waals surface area (Å²) in [7, 11) is 1.65. The molecule has 0 saturated carbocycles. The maximum atomic E-state index is 10.0. The second-order valence-electron chi connectivity index (χ2n) is 6.00. The first-order valence-corrected chi connectivity index (χ1v) is 8.09. The molecule has 0 amide bonds. The molecule has 22 heavy (non-hydrogen) atoms. The summed E-state index contributed by atoms with van der Waals surface area (Å²) in [6, 6.07) is 8.71. The third-order valence-corrected chi connectivity index (χ3v) is 4.14. The molecule has 1 aromatic rings. The minimum absolute atomic E-state index is 0.391. The van der Waals surface area contributed by atoms with Gasteiger partial charge in [-0.25, -0.2) is 0 Å². The van der Waals surface area contributed by atoms with E-state index in [1.807, 2.05) is 0 Å². The van der Waals surface area contributed by atoms with Gasteiger partial charge in [-0.1, -0.05) is 17.7 Å². The lowest BCUT2D eigenvalue weighted by Gasteiger charge is -2.34. The van der Waals surface area contributed by atoms with Crippen molar-refractivity contribution in [2.45, 2.75) is 13.0 Å². The van der Waals surface area contributed by atoms with Gasteiger partial charge in [-0.3, -0.25) is 0 Å². The van der Waals surface area contributed by atoms with E-state index in [1.54, 1.807) is 7.11 Å². The average Bonchev–Trinajstić information content (AvgIpc) is 2.53. The van der Waals surface area contributed by atoms with Gasteiger partial charge in [0.25, 0.3) is 0 Å². The van der Waals surface area contributed by atoms with E-state index in [-0.39, 0.29) is 0 Å². The number of methoxy groups -OCH3 is 1. The summed E-state index contributed by atoms with van der Waals surface area (Å²) in [6.07, 6.45) is -0.391. The summed E-state index contributed by atoms with van der Waals surface area (Å²) in [5.41, 5.74) is 2.60. The van der Waals surface area contributed by atoms with Gasteiger partial charge in [0, 0.05) is 12.8 Å². The van der Waals surface area contributed by atoms with Crippen LogP contribution in [0.25, 0.3) is 0 Å². The Labute approximate surface area is 133 Å². The Hall–Kier alpha value is -1.14. The number of quaternary nitrogens is 1. The van der Waals surface area contributed by atoms with E-state index in [0.29, 0.717) is 19.8 Å². The first kappa shape index (κ1) is 17.2. The van der Waals surface area contributed by atoms with Crippen LogP contribution in [0.4, 0.5) is 5.69 Å². The topological polar surface area (TPSA) is 46.4 Å². The molecular weight excluding hydrogens is 280 g/mol. The molecule has 1 aliphatic rings. The molecule has 0 unspecified atom stereocenters. The summed E-state index contributed by atoms with van der Waals surface area (Å²) in [5.74, 6) is 0. The van der Waals surface area contributed by atoms with Crippen LogP contribution < -0.4 is 9.80 Å². The Bertz CT molecular complexity index is 416. The number of nitrogens with one attached hydrogen (secondary N) is 1. The fraction of sp³-hybridized carbons (Fsp3) is 0.647. The van der Waals surface area contributed by atoms with Gasteiger partial charge in [-0.05, 0) is 19.1 Å². The van der Waals surface area contributed by atoms with E-state index in [2.05, 4.69) is 36.1 Å². The number of ether oxygens (including phenoxy) is 2. The number of hydrogen-bond donors (Lipinski definition) is 2. The Morgan fingerprint density at radius 2 is 1.86 bits per heavy atom. The minimum Gasteiger partial charge on any atom is -0.385 e. The molecule has 2 rings (SSSR count). The van der Waals surface area contributed by atoms with Crippen molar-refractivity contribution in [3.8, 4) is 0 Å². The van der Waals surface area contributed by atoms with Crippen LogP contribution in [-0.2, 0) is 9.47 Å². The molecule has 0 radical (unpaired) electrons. The van der Waals surface area contributed by atoms with Gasteiger partial charge in [0.05, 0.1) is 46.0 Å².